The number of fused-ring (bicyclic) bond motifs is 2. The highest BCUT2D eigenvalue weighted by atomic mass is 35.5. The van der Waals surface area contributed by atoms with E-state index < -0.39 is 11.6 Å². The number of guanidine groups is 1. The lowest BCUT2D eigenvalue weighted by Gasteiger charge is -2.45. The maximum atomic E-state index is 12.6. The molecule has 1 saturated heterocycles. The van der Waals surface area contributed by atoms with E-state index in [-0.39, 0.29) is 12.1 Å². The molecule has 0 bridgehead atoms. The Kier molecular flexibility index (Phi) is 5.23. The smallest absolute Gasteiger partial charge is 0.192 e. The molecule has 3 unspecified atom stereocenters. The van der Waals surface area contributed by atoms with Crippen molar-refractivity contribution in [3.8, 4) is 16.9 Å². The Morgan fingerprint density at radius 3 is 2.79 bits per heavy atom. The maximum absolute atomic E-state index is 12.6. The van der Waals surface area contributed by atoms with E-state index in [0.717, 1.165) is 30.3 Å². The number of nitrogens with two attached hydrogens (primary N) is 1. The van der Waals surface area contributed by atoms with Crippen molar-refractivity contribution >= 4 is 23.8 Å². The van der Waals surface area contributed by atoms with Crippen molar-refractivity contribution in [3.05, 3.63) is 53.1 Å². The molecule has 2 heterocycles. The van der Waals surface area contributed by atoms with Crippen LogP contribution in [0.4, 0.5) is 0 Å². The molecule has 7 heteroatoms. The molecule has 2 N–H and O–H groups in total. The number of hydrogen-bond acceptors (Lipinski definition) is 4. The van der Waals surface area contributed by atoms with Gasteiger partial charge in [-0.05, 0) is 48.2 Å². The zero-order chi connectivity index (χ0) is 20.6. The van der Waals surface area contributed by atoms with Crippen molar-refractivity contribution in [1.82, 2.24) is 4.90 Å². The van der Waals surface area contributed by atoms with Crippen LogP contribution in [0.2, 0.25) is 5.02 Å². The van der Waals surface area contributed by atoms with Crippen LogP contribution in [0.1, 0.15) is 18.4 Å². The Hall–Kier alpha value is -2.57. The molecular weight excluding hydrogens is 390 g/mol. The van der Waals surface area contributed by atoms with E-state index in [1.54, 1.807) is 19.0 Å². The molecule has 0 aromatic heterocycles. The van der Waals surface area contributed by atoms with Crippen LogP contribution >= 0.6 is 11.6 Å². The Bertz CT molecular complexity index is 962. The molecule has 1 fully saturated rings. The molecule has 4 rings (SSSR count). The Morgan fingerprint density at radius 2 is 2.07 bits per heavy atom. The number of carbonyl (C=O) groups excluding carboxylic acids is 1. The summed E-state index contributed by atoms with van der Waals surface area (Å²) < 4.78 is 12.2. The molecule has 2 aliphatic rings. The van der Waals surface area contributed by atoms with Crippen LogP contribution in [-0.4, -0.2) is 50.1 Å². The van der Waals surface area contributed by atoms with Gasteiger partial charge in [0.25, 0.3) is 0 Å². The van der Waals surface area contributed by atoms with Gasteiger partial charge in [0.2, 0.25) is 0 Å². The summed E-state index contributed by atoms with van der Waals surface area (Å²) in [5, 5.41) is 0.642. The minimum atomic E-state index is -1.28. The second-order valence-electron chi connectivity index (χ2n) is 7.62. The summed E-state index contributed by atoms with van der Waals surface area (Å²) in [7, 11) is 3.58. The standard InChI is InChI=1S/C22H24ClN3O3/c1-26(2)21(24)25-22(13-27)17-12-15(14-5-3-6-16(23)11-14)8-9-18(17)29-19-7-4-10-28-20(19)22/h3,5-6,8-9,11-13,19-20H,4,7,10H2,1-2H3,(H2,24,25). The van der Waals surface area contributed by atoms with Gasteiger partial charge in [-0.15, -0.1) is 0 Å². The first kappa shape index (κ1) is 19.7. The fourth-order valence-corrected chi connectivity index (χ4v) is 4.15. The second-order valence-corrected chi connectivity index (χ2v) is 8.06. The summed E-state index contributed by atoms with van der Waals surface area (Å²) >= 11 is 6.17. The molecular formula is C22H24ClN3O3. The van der Waals surface area contributed by atoms with Crippen molar-refractivity contribution in [2.45, 2.75) is 30.6 Å². The highest BCUT2D eigenvalue weighted by molar-refractivity contribution is 6.30. The zero-order valence-corrected chi connectivity index (χ0v) is 17.2. The molecule has 6 nitrogen and oxygen atoms in total. The van der Waals surface area contributed by atoms with Crippen LogP contribution in [0, 0.1) is 0 Å². The van der Waals surface area contributed by atoms with E-state index >= 15 is 0 Å². The van der Waals surface area contributed by atoms with Crippen LogP contribution < -0.4 is 10.5 Å². The van der Waals surface area contributed by atoms with Gasteiger partial charge in [-0.2, -0.15) is 0 Å². The van der Waals surface area contributed by atoms with Crippen molar-refractivity contribution in [3.63, 3.8) is 0 Å². The molecule has 0 saturated carbocycles. The third-order valence-corrected chi connectivity index (χ3v) is 5.72. The van der Waals surface area contributed by atoms with Crippen LogP contribution in [0.5, 0.6) is 5.75 Å². The van der Waals surface area contributed by atoms with Gasteiger partial charge in [-0.25, -0.2) is 4.99 Å². The normalized spacial score (nSPS) is 26.1. The third kappa shape index (κ3) is 3.47. The molecule has 2 aromatic rings. The minimum Gasteiger partial charge on any atom is -0.487 e. The van der Waals surface area contributed by atoms with Gasteiger partial charge >= 0.3 is 0 Å². The first-order chi connectivity index (χ1) is 13.9. The Labute approximate surface area is 175 Å². The first-order valence-corrected chi connectivity index (χ1v) is 10.00. The minimum absolute atomic E-state index is 0.253. The number of aliphatic imine (C=N–C) groups is 1. The van der Waals surface area contributed by atoms with Crippen molar-refractivity contribution in [2.24, 2.45) is 10.7 Å². The van der Waals surface area contributed by atoms with Crippen LogP contribution in [0.15, 0.2) is 47.5 Å². The van der Waals surface area contributed by atoms with Gasteiger partial charge < -0.3 is 24.9 Å². The molecule has 0 radical (unpaired) electrons. The van der Waals surface area contributed by atoms with Crippen LogP contribution in [-0.2, 0) is 15.1 Å². The molecule has 152 valence electrons. The molecule has 29 heavy (non-hydrogen) atoms. The summed E-state index contributed by atoms with van der Waals surface area (Å²) in [4.78, 5) is 19.0. The number of carbonyl (C=O) groups is 1. The Balaban J connectivity index is 1.92. The predicted molar refractivity (Wildman–Crippen MR) is 113 cm³/mol. The average molecular weight is 414 g/mol. The van der Waals surface area contributed by atoms with Crippen LogP contribution in [0.3, 0.4) is 0 Å². The van der Waals surface area contributed by atoms with E-state index in [9.17, 15) is 4.79 Å². The number of hydrogen-bond donors (Lipinski definition) is 1. The van der Waals surface area contributed by atoms with Crippen LogP contribution in [0.25, 0.3) is 11.1 Å². The maximum Gasteiger partial charge on any atom is 0.192 e. The summed E-state index contributed by atoms with van der Waals surface area (Å²) in [6, 6.07) is 13.3. The van der Waals surface area contributed by atoms with Gasteiger partial charge in [0.15, 0.2) is 17.8 Å². The number of rotatable bonds is 3. The van der Waals surface area contributed by atoms with Gasteiger partial charge in [0, 0.05) is 31.3 Å². The van der Waals surface area contributed by atoms with Gasteiger partial charge in [0.1, 0.15) is 18.0 Å². The lowest BCUT2D eigenvalue weighted by atomic mass is 9.78. The van der Waals surface area contributed by atoms with E-state index in [1.807, 2.05) is 42.5 Å². The van der Waals surface area contributed by atoms with Crippen molar-refractivity contribution in [1.29, 1.82) is 0 Å². The first-order valence-electron chi connectivity index (χ1n) is 9.62. The molecule has 0 spiro atoms. The average Bonchev–Trinajstić information content (AvgIpc) is 2.73. The fraction of sp³-hybridized carbons (Fsp3) is 0.364. The molecule has 3 atom stereocenters. The van der Waals surface area contributed by atoms with Crippen molar-refractivity contribution < 1.29 is 14.3 Å². The van der Waals surface area contributed by atoms with E-state index in [4.69, 9.17) is 26.8 Å². The van der Waals surface area contributed by atoms with Gasteiger partial charge in [0.05, 0.1) is 0 Å². The number of ether oxygens (including phenoxy) is 2. The number of nitrogens with zero attached hydrogens (tertiary/aromatic N) is 2. The lowest BCUT2D eigenvalue weighted by Crippen LogP contribution is -2.56. The monoisotopic (exact) mass is 413 g/mol. The fourth-order valence-electron chi connectivity index (χ4n) is 3.96. The topological polar surface area (TPSA) is 77.2 Å². The van der Waals surface area contributed by atoms with E-state index in [0.29, 0.717) is 22.9 Å². The third-order valence-electron chi connectivity index (χ3n) is 5.49. The summed E-state index contributed by atoms with van der Waals surface area (Å²) in [6.07, 6.45) is 1.73. The SMILES string of the molecule is CN(C)C(N)=NC1(C=O)c2cc(-c3cccc(Cl)c3)ccc2OC2CCCOC21. The number of aldehydes is 1. The molecule has 0 aliphatic carbocycles. The summed E-state index contributed by atoms with van der Waals surface area (Å²) in [5.41, 5.74) is 7.39. The second kappa shape index (κ2) is 7.69. The Morgan fingerprint density at radius 1 is 1.28 bits per heavy atom. The van der Waals surface area contributed by atoms with E-state index in [2.05, 4.69) is 4.99 Å². The van der Waals surface area contributed by atoms with E-state index in [1.165, 1.54) is 0 Å². The van der Waals surface area contributed by atoms with Gasteiger partial charge in [-0.1, -0.05) is 29.8 Å². The highest BCUT2D eigenvalue weighted by Crippen LogP contribution is 2.46. The quantitative estimate of drug-likeness (QED) is 0.475. The largest absolute Gasteiger partial charge is 0.487 e. The highest BCUT2D eigenvalue weighted by Gasteiger charge is 2.53. The summed E-state index contributed by atoms with van der Waals surface area (Å²) in [6.45, 7) is 0.556. The van der Waals surface area contributed by atoms with Gasteiger partial charge in [-0.3, -0.25) is 0 Å². The predicted octanol–water partition coefficient (Wildman–Crippen LogP) is 3.22. The summed E-state index contributed by atoms with van der Waals surface area (Å²) in [5.74, 6) is 0.885. The molecule has 2 aromatic carbocycles. The molecule has 0 amide bonds. The number of benzene rings is 2. The molecule has 2 aliphatic heterocycles. The van der Waals surface area contributed by atoms with Crippen molar-refractivity contribution in [2.75, 3.05) is 20.7 Å². The zero-order valence-electron chi connectivity index (χ0n) is 16.5. The lowest BCUT2D eigenvalue weighted by molar-refractivity contribution is -0.137. The number of halogens is 1.